The first kappa shape index (κ1) is 22.7. The van der Waals surface area contributed by atoms with Crippen molar-refractivity contribution in [2.75, 3.05) is 18.4 Å². The molecule has 0 radical (unpaired) electrons. The molecule has 1 fully saturated rings. The second-order valence-corrected chi connectivity index (χ2v) is 6.58. The van der Waals surface area contributed by atoms with Crippen LogP contribution in [-0.4, -0.2) is 24.0 Å². The molecule has 3 aromatic rings. The number of carbonyl (C=O) groups is 1. The summed E-state index contributed by atoms with van der Waals surface area (Å²) in [5.41, 5.74) is 1.92. The highest BCUT2D eigenvalue weighted by Crippen LogP contribution is 2.30. The topological polar surface area (TPSA) is 63.2 Å². The molecular formula is C22H23Cl2N3O2. The highest BCUT2D eigenvalue weighted by molar-refractivity contribution is 5.93. The van der Waals surface area contributed by atoms with Gasteiger partial charge in [0.25, 0.3) is 0 Å². The van der Waals surface area contributed by atoms with Crippen molar-refractivity contribution in [1.82, 2.24) is 10.3 Å². The van der Waals surface area contributed by atoms with E-state index in [1.807, 2.05) is 42.5 Å². The molecule has 0 bridgehead atoms. The quantitative estimate of drug-likeness (QED) is 0.616. The molecule has 2 aromatic carbocycles. The number of ether oxygens (including phenoxy) is 1. The fraction of sp³-hybridized carbons (Fsp3) is 0.182. The Balaban J connectivity index is 0.00000150. The predicted molar refractivity (Wildman–Crippen MR) is 119 cm³/mol. The summed E-state index contributed by atoms with van der Waals surface area (Å²) in [6.07, 6.45) is 3.36. The Bertz CT molecular complexity index is 910. The van der Waals surface area contributed by atoms with Gasteiger partial charge in [-0.1, -0.05) is 36.4 Å². The number of halogens is 2. The number of aromatic nitrogens is 1. The number of amides is 1. The molecule has 2 heterocycles. The summed E-state index contributed by atoms with van der Waals surface area (Å²) in [6.45, 7) is 1.49. The van der Waals surface area contributed by atoms with Gasteiger partial charge in [-0.3, -0.25) is 9.78 Å². The predicted octanol–water partition coefficient (Wildman–Crippen LogP) is 4.66. The number of anilines is 1. The van der Waals surface area contributed by atoms with Crippen molar-refractivity contribution < 1.29 is 9.53 Å². The maximum atomic E-state index is 12.9. The van der Waals surface area contributed by atoms with Crippen molar-refractivity contribution in [3.05, 3.63) is 84.7 Å². The maximum absolute atomic E-state index is 12.9. The number of nitrogens with one attached hydrogen (secondary N) is 2. The Kier molecular flexibility index (Phi) is 8.46. The summed E-state index contributed by atoms with van der Waals surface area (Å²) in [7, 11) is 0. The number of nitrogens with zero attached hydrogens (tertiary/aromatic N) is 1. The van der Waals surface area contributed by atoms with Crippen molar-refractivity contribution in [3.8, 4) is 11.5 Å². The van der Waals surface area contributed by atoms with Crippen LogP contribution in [0.1, 0.15) is 11.5 Å². The molecule has 4 rings (SSSR count). The highest BCUT2D eigenvalue weighted by atomic mass is 35.5. The first-order chi connectivity index (χ1) is 13.3. The van der Waals surface area contributed by atoms with Crippen LogP contribution in [0.2, 0.25) is 0 Å². The second-order valence-electron chi connectivity index (χ2n) is 6.58. The van der Waals surface area contributed by atoms with Crippen molar-refractivity contribution in [3.63, 3.8) is 0 Å². The van der Waals surface area contributed by atoms with Crippen LogP contribution < -0.4 is 15.4 Å². The molecule has 1 aromatic heterocycles. The van der Waals surface area contributed by atoms with Crippen LogP contribution in [-0.2, 0) is 4.79 Å². The van der Waals surface area contributed by atoms with Crippen LogP contribution >= 0.6 is 24.8 Å². The van der Waals surface area contributed by atoms with Crippen LogP contribution in [0.25, 0.3) is 0 Å². The standard InChI is InChI=1S/C22H21N3O2.2ClH/c26-22(21-15-24-14-20(21)16-5-2-1-3-6-16)25-17-7-4-8-19(13-17)27-18-9-11-23-12-10-18;;/h1-13,20-21,24H,14-15H2,(H,25,26);2*1H/t20-,21+;;/m0../s1. The number of carbonyl (C=O) groups excluding carboxylic acids is 1. The van der Waals surface area contributed by atoms with Gasteiger partial charge in [-0.25, -0.2) is 0 Å². The second kappa shape index (κ2) is 10.8. The SMILES string of the molecule is Cl.Cl.O=C(Nc1cccc(Oc2ccncc2)c1)[C@@H]1CNC[C@H]1c1ccccc1. The number of hydrogen-bond acceptors (Lipinski definition) is 4. The lowest BCUT2D eigenvalue weighted by atomic mass is 9.88. The molecule has 0 unspecified atom stereocenters. The van der Waals surface area contributed by atoms with E-state index in [2.05, 4.69) is 27.8 Å². The minimum Gasteiger partial charge on any atom is -0.457 e. The smallest absolute Gasteiger partial charge is 0.229 e. The van der Waals surface area contributed by atoms with Gasteiger partial charge in [0.05, 0.1) is 5.92 Å². The normalized spacial score (nSPS) is 17.5. The average molecular weight is 432 g/mol. The lowest BCUT2D eigenvalue weighted by molar-refractivity contribution is -0.119. The third-order valence-electron chi connectivity index (χ3n) is 4.77. The summed E-state index contributed by atoms with van der Waals surface area (Å²) in [5.74, 6) is 1.48. The molecule has 2 N–H and O–H groups in total. The van der Waals surface area contributed by atoms with E-state index in [-0.39, 0.29) is 42.6 Å². The Morgan fingerprint density at radius 2 is 1.69 bits per heavy atom. The third-order valence-corrected chi connectivity index (χ3v) is 4.77. The van der Waals surface area contributed by atoms with E-state index in [1.54, 1.807) is 24.5 Å². The monoisotopic (exact) mass is 431 g/mol. The number of benzene rings is 2. The fourth-order valence-electron chi connectivity index (χ4n) is 3.42. The van der Waals surface area contributed by atoms with Crippen LogP contribution in [0, 0.1) is 5.92 Å². The zero-order valence-electron chi connectivity index (χ0n) is 15.7. The molecule has 152 valence electrons. The van der Waals surface area contributed by atoms with Gasteiger partial charge in [0.2, 0.25) is 5.91 Å². The number of pyridine rings is 1. The fourth-order valence-corrected chi connectivity index (χ4v) is 3.42. The molecule has 5 nitrogen and oxygen atoms in total. The Labute approximate surface area is 182 Å². The van der Waals surface area contributed by atoms with E-state index in [0.717, 1.165) is 12.2 Å². The summed E-state index contributed by atoms with van der Waals surface area (Å²) >= 11 is 0. The van der Waals surface area contributed by atoms with Gasteiger partial charge in [0.15, 0.2) is 0 Å². The summed E-state index contributed by atoms with van der Waals surface area (Å²) in [6, 6.07) is 21.2. The molecule has 0 spiro atoms. The molecule has 0 saturated carbocycles. The molecule has 1 amide bonds. The number of rotatable bonds is 5. The van der Waals surface area contributed by atoms with E-state index in [1.165, 1.54) is 5.56 Å². The van der Waals surface area contributed by atoms with Crippen molar-refractivity contribution in [2.24, 2.45) is 5.92 Å². The molecule has 7 heteroatoms. The van der Waals surface area contributed by atoms with Gasteiger partial charge in [-0.05, 0) is 29.8 Å². The molecule has 1 saturated heterocycles. The van der Waals surface area contributed by atoms with Crippen molar-refractivity contribution >= 4 is 36.4 Å². The Morgan fingerprint density at radius 3 is 2.45 bits per heavy atom. The van der Waals surface area contributed by atoms with Gasteiger partial charge in [-0.15, -0.1) is 24.8 Å². The van der Waals surface area contributed by atoms with Crippen molar-refractivity contribution in [1.29, 1.82) is 0 Å². The summed E-state index contributed by atoms with van der Waals surface area (Å²) in [4.78, 5) is 16.8. The molecule has 0 aliphatic carbocycles. The van der Waals surface area contributed by atoms with Crippen LogP contribution in [0.3, 0.4) is 0 Å². The Hall–Kier alpha value is -2.60. The lowest BCUT2D eigenvalue weighted by Crippen LogP contribution is -2.28. The molecule has 29 heavy (non-hydrogen) atoms. The van der Waals surface area contributed by atoms with E-state index < -0.39 is 0 Å². The van der Waals surface area contributed by atoms with Gasteiger partial charge in [-0.2, -0.15) is 0 Å². The van der Waals surface area contributed by atoms with E-state index in [0.29, 0.717) is 18.0 Å². The Morgan fingerprint density at radius 1 is 0.931 bits per heavy atom. The minimum atomic E-state index is -0.0998. The highest BCUT2D eigenvalue weighted by Gasteiger charge is 2.33. The minimum absolute atomic E-state index is 0. The van der Waals surface area contributed by atoms with E-state index in [4.69, 9.17) is 4.74 Å². The zero-order chi connectivity index (χ0) is 18.5. The van der Waals surface area contributed by atoms with Gasteiger partial charge < -0.3 is 15.4 Å². The maximum Gasteiger partial charge on any atom is 0.229 e. The average Bonchev–Trinajstić information content (AvgIpc) is 3.20. The van der Waals surface area contributed by atoms with Crippen LogP contribution in [0.15, 0.2) is 79.1 Å². The van der Waals surface area contributed by atoms with E-state index >= 15 is 0 Å². The van der Waals surface area contributed by atoms with Gasteiger partial charge in [0, 0.05) is 43.2 Å². The van der Waals surface area contributed by atoms with Crippen molar-refractivity contribution in [2.45, 2.75) is 5.92 Å². The third kappa shape index (κ3) is 5.70. The molecular weight excluding hydrogens is 409 g/mol. The number of hydrogen-bond donors (Lipinski definition) is 2. The van der Waals surface area contributed by atoms with E-state index in [9.17, 15) is 4.79 Å². The van der Waals surface area contributed by atoms with Gasteiger partial charge in [0.1, 0.15) is 11.5 Å². The summed E-state index contributed by atoms with van der Waals surface area (Å²) < 4.78 is 5.81. The molecule has 1 aliphatic rings. The largest absolute Gasteiger partial charge is 0.457 e. The first-order valence-electron chi connectivity index (χ1n) is 9.04. The van der Waals surface area contributed by atoms with Crippen LogP contribution in [0.5, 0.6) is 11.5 Å². The zero-order valence-corrected chi connectivity index (χ0v) is 17.3. The lowest BCUT2D eigenvalue weighted by Gasteiger charge is -2.19. The van der Waals surface area contributed by atoms with Gasteiger partial charge >= 0.3 is 0 Å². The molecule has 2 atom stereocenters. The first-order valence-corrected chi connectivity index (χ1v) is 9.04. The van der Waals surface area contributed by atoms with Crippen LogP contribution in [0.4, 0.5) is 5.69 Å². The molecule has 1 aliphatic heterocycles. The summed E-state index contributed by atoms with van der Waals surface area (Å²) in [5, 5.41) is 6.38.